The fourth-order valence-corrected chi connectivity index (χ4v) is 4.18. The number of carbonyl (C=O) groups is 1. The van der Waals surface area contributed by atoms with Crippen LogP contribution in [0.4, 0.5) is 5.69 Å². The molecule has 0 saturated heterocycles. The Balaban J connectivity index is 1.44. The topological polar surface area (TPSA) is 58.1 Å². The summed E-state index contributed by atoms with van der Waals surface area (Å²) in [7, 11) is 0. The number of nitrogens with one attached hydrogen (secondary N) is 1. The summed E-state index contributed by atoms with van der Waals surface area (Å²) in [4.78, 5) is 15.9. The number of thiophene rings is 1. The number of benzene rings is 1. The zero-order chi connectivity index (χ0) is 14.9. The summed E-state index contributed by atoms with van der Waals surface area (Å²) >= 11 is 2.97. The number of hydrogen-bond acceptors (Lipinski definition) is 6. The Hall–Kier alpha value is -1.83. The summed E-state index contributed by atoms with van der Waals surface area (Å²) in [5.74, 6) is -0.000760. The van der Waals surface area contributed by atoms with Crippen LogP contribution in [0, 0.1) is 0 Å². The molecule has 1 amide bonds. The smallest absolute Gasteiger partial charge is 0.238 e. The van der Waals surface area contributed by atoms with E-state index in [1.165, 1.54) is 10.4 Å². The highest BCUT2D eigenvalue weighted by molar-refractivity contribution is 7.10. The third-order valence-corrected chi connectivity index (χ3v) is 5.38. The second kappa shape index (κ2) is 5.75. The van der Waals surface area contributed by atoms with Crippen LogP contribution in [0.15, 0.2) is 29.6 Å². The van der Waals surface area contributed by atoms with Gasteiger partial charge < -0.3 is 5.32 Å². The van der Waals surface area contributed by atoms with Crippen molar-refractivity contribution in [2.75, 3.05) is 18.4 Å². The van der Waals surface area contributed by atoms with E-state index in [0.717, 1.165) is 48.0 Å². The Bertz CT molecular complexity index is 826. The normalized spacial score (nSPS) is 14.9. The number of hydrogen-bond donors (Lipinski definition) is 1. The Morgan fingerprint density at radius 1 is 1.32 bits per heavy atom. The van der Waals surface area contributed by atoms with Crippen molar-refractivity contribution in [3.8, 4) is 0 Å². The van der Waals surface area contributed by atoms with Gasteiger partial charge in [-0.05, 0) is 35.6 Å². The summed E-state index contributed by atoms with van der Waals surface area (Å²) in [6.07, 6.45) is 1.03. The second-order valence-corrected chi connectivity index (χ2v) is 6.84. The highest BCUT2D eigenvalue weighted by Gasteiger charge is 2.19. The molecule has 0 atom stereocenters. The van der Waals surface area contributed by atoms with Crippen LogP contribution in [0.5, 0.6) is 0 Å². The fraction of sp³-hybridized carbons (Fsp3) is 0.267. The minimum atomic E-state index is -0.000760. The van der Waals surface area contributed by atoms with Crippen molar-refractivity contribution < 1.29 is 4.79 Å². The molecule has 0 spiro atoms. The van der Waals surface area contributed by atoms with Crippen LogP contribution in [-0.2, 0) is 17.8 Å². The Morgan fingerprint density at radius 3 is 3.23 bits per heavy atom. The molecule has 0 saturated carbocycles. The summed E-state index contributed by atoms with van der Waals surface area (Å²) < 4.78 is 8.44. The molecule has 0 fully saturated rings. The molecule has 4 rings (SSSR count). The van der Waals surface area contributed by atoms with E-state index < -0.39 is 0 Å². The van der Waals surface area contributed by atoms with Crippen molar-refractivity contribution in [1.82, 2.24) is 13.6 Å². The van der Waals surface area contributed by atoms with E-state index in [9.17, 15) is 4.79 Å². The van der Waals surface area contributed by atoms with Crippen molar-refractivity contribution in [3.63, 3.8) is 0 Å². The molecular weight excluding hydrogens is 316 g/mol. The maximum absolute atomic E-state index is 12.3. The van der Waals surface area contributed by atoms with Crippen LogP contribution in [0.2, 0.25) is 0 Å². The SMILES string of the molecule is O=C(CN1CCc2sccc2C1)Nc1cccc2nsnc12. The highest BCUT2D eigenvalue weighted by atomic mass is 32.1. The second-order valence-electron chi connectivity index (χ2n) is 5.32. The van der Waals surface area contributed by atoms with Gasteiger partial charge in [0.25, 0.3) is 0 Å². The fourth-order valence-electron chi connectivity index (χ4n) is 2.74. The Labute approximate surface area is 135 Å². The highest BCUT2D eigenvalue weighted by Crippen LogP contribution is 2.24. The first-order valence-electron chi connectivity index (χ1n) is 7.08. The van der Waals surface area contributed by atoms with Crippen molar-refractivity contribution in [3.05, 3.63) is 40.1 Å². The third kappa shape index (κ3) is 2.63. The molecule has 1 aliphatic heterocycles. The van der Waals surface area contributed by atoms with Crippen LogP contribution in [0.1, 0.15) is 10.4 Å². The number of aromatic nitrogens is 2. The van der Waals surface area contributed by atoms with Gasteiger partial charge in [-0.1, -0.05) is 6.07 Å². The first-order chi connectivity index (χ1) is 10.8. The largest absolute Gasteiger partial charge is 0.323 e. The molecule has 0 bridgehead atoms. The molecule has 2 aromatic heterocycles. The molecular formula is C15H14N4OS2. The average Bonchev–Trinajstić information content (AvgIpc) is 3.15. The molecule has 3 heterocycles. The number of fused-ring (bicyclic) bond motifs is 2. The van der Waals surface area contributed by atoms with E-state index in [-0.39, 0.29) is 5.91 Å². The lowest BCUT2D eigenvalue weighted by molar-refractivity contribution is -0.117. The molecule has 0 aliphatic carbocycles. The molecule has 0 unspecified atom stereocenters. The number of rotatable bonds is 3. The molecule has 5 nitrogen and oxygen atoms in total. The van der Waals surface area contributed by atoms with Crippen LogP contribution < -0.4 is 5.32 Å². The van der Waals surface area contributed by atoms with Gasteiger partial charge in [0.2, 0.25) is 5.91 Å². The third-order valence-electron chi connectivity index (χ3n) is 3.81. The Kier molecular flexibility index (Phi) is 3.61. The summed E-state index contributed by atoms with van der Waals surface area (Å²) in [5.41, 5.74) is 3.68. The van der Waals surface area contributed by atoms with Crippen LogP contribution in [0.25, 0.3) is 11.0 Å². The zero-order valence-corrected chi connectivity index (χ0v) is 13.4. The van der Waals surface area contributed by atoms with Gasteiger partial charge >= 0.3 is 0 Å². The van der Waals surface area contributed by atoms with E-state index >= 15 is 0 Å². The van der Waals surface area contributed by atoms with Crippen molar-refractivity contribution in [2.24, 2.45) is 0 Å². The van der Waals surface area contributed by atoms with E-state index in [1.54, 1.807) is 0 Å². The minimum Gasteiger partial charge on any atom is -0.323 e. The Morgan fingerprint density at radius 2 is 2.27 bits per heavy atom. The lowest BCUT2D eigenvalue weighted by Gasteiger charge is -2.26. The predicted molar refractivity (Wildman–Crippen MR) is 89.3 cm³/mol. The lowest BCUT2D eigenvalue weighted by atomic mass is 10.1. The van der Waals surface area contributed by atoms with Crippen molar-refractivity contribution >= 4 is 45.7 Å². The molecule has 112 valence electrons. The molecule has 1 aliphatic rings. The standard InChI is InChI=1S/C15H14N4OS2/c20-14(9-19-6-4-13-10(8-19)5-7-21-13)16-11-2-1-3-12-15(11)18-22-17-12/h1-3,5,7H,4,6,8-9H2,(H,16,20). The van der Waals surface area contributed by atoms with Gasteiger partial charge in [-0.15, -0.1) is 11.3 Å². The summed E-state index contributed by atoms with van der Waals surface area (Å²) in [6.45, 7) is 2.20. The summed E-state index contributed by atoms with van der Waals surface area (Å²) in [5, 5.41) is 5.09. The van der Waals surface area contributed by atoms with E-state index in [4.69, 9.17) is 0 Å². The zero-order valence-electron chi connectivity index (χ0n) is 11.8. The predicted octanol–water partition coefficient (Wildman–Crippen LogP) is 2.75. The van der Waals surface area contributed by atoms with Gasteiger partial charge in [0.15, 0.2) is 0 Å². The van der Waals surface area contributed by atoms with E-state index in [1.807, 2.05) is 29.5 Å². The van der Waals surface area contributed by atoms with Gasteiger partial charge in [-0.2, -0.15) is 8.75 Å². The van der Waals surface area contributed by atoms with Gasteiger partial charge in [-0.3, -0.25) is 9.69 Å². The number of amides is 1. The van der Waals surface area contributed by atoms with E-state index in [0.29, 0.717) is 6.54 Å². The van der Waals surface area contributed by atoms with E-state index in [2.05, 4.69) is 30.4 Å². The molecule has 3 aromatic rings. The monoisotopic (exact) mass is 330 g/mol. The first kappa shape index (κ1) is 13.8. The van der Waals surface area contributed by atoms with Crippen molar-refractivity contribution in [1.29, 1.82) is 0 Å². The minimum absolute atomic E-state index is 0.000760. The lowest BCUT2D eigenvalue weighted by Crippen LogP contribution is -2.36. The van der Waals surface area contributed by atoms with Gasteiger partial charge in [0.1, 0.15) is 11.0 Å². The first-order valence-corrected chi connectivity index (χ1v) is 8.69. The van der Waals surface area contributed by atoms with Crippen LogP contribution in [-0.4, -0.2) is 32.6 Å². The number of anilines is 1. The average molecular weight is 330 g/mol. The van der Waals surface area contributed by atoms with Gasteiger partial charge in [0.05, 0.1) is 24.0 Å². The van der Waals surface area contributed by atoms with Crippen molar-refractivity contribution in [2.45, 2.75) is 13.0 Å². The quantitative estimate of drug-likeness (QED) is 0.802. The summed E-state index contributed by atoms with van der Waals surface area (Å²) in [6, 6.07) is 7.82. The molecule has 7 heteroatoms. The number of nitrogens with zero attached hydrogens (tertiary/aromatic N) is 3. The van der Waals surface area contributed by atoms with Crippen LogP contribution in [0.3, 0.4) is 0 Å². The molecule has 1 aromatic carbocycles. The van der Waals surface area contributed by atoms with Gasteiger partial charge in [0, 0.05) is 18.0 Å². The maximum atomic E-state index is 12.3. The van der Waals surface area contributed by atoms with Gasteiger partial charge in [-0.25, -0.2) is 0 Å². The molecule has 22 heavy (non-hydrogen) atoms. The molecule has 0 radical (unpaired) electrons. The molecule has 1 N–H and O–H groups in total. The maximum Gasteiger partial charge on any atom is 0.238 e. The van der Waals surface area contributed by atoms with Crippen LogP contribution >= 0.6 is 23.1 Å². The number of carbonyl (C=O) groups excluding carboxylic acids is 1.